The molecule has 1 atom stereocenters. The Labute approximate surface area is 315 Å². The van der Waals surface area contributed by atoms with Crippen molar-refractivity contribution in [1.82, 2.24) is 0 Å². The molecule has 11 rings (SSSR count). The third-order valence-electron chi connectivity index (χ3n) is 11.7. The van der Waals surface area contributed by atoms with Gasteiger partial charge in [-0.05, 0) is 141 Å². The third-order valence-corrected chi connectivity index (χ3v) is 11.7. The van der Waals surface area contributed by atoms with E-state index < -0.39 is 0 Å². The van der Waals surface area contributed by atoms with Gasteiger partial charge in [0.1, 0.15) is 0 Å². The Morgan fingerprint density at radius 1 is 0.370 bits per heavy atom. The smallest absolute Gasteiger partial charge is 0.00561 e. The molecule has 2 aliphatic carbocycles. The van der Waals surface area contributed by atoms with Gasteiger partial charge in [-0.3, -0.25) is 0 Å². The first-order valence-corrected chi connectivity index (χ1v) is 19.0. The lowest BCUT2D eigenvalue weighted by Gasteiger charge is -2.21. The average Bonchev–Trinajstić information content (AvgIpc) is 3.24. The monoisotopic (exact) mass is 684 g/mol. The van der Waals surface area contributed by atoms with Gasteiger partial charge in [0.2, 0.25) is 0 Å². The van der Waals surface area contributed by atoms with E-state index in [-0.39, 0.29) is 0 Å². The zero-order valence-corrected chi connectivity index (χ0v) is 29.8. The zero-order chi connectivity index (χ0) is 35.6. The highest BCUT2D eigenvalue weighted by Gasteiger charge is 2.19. The molecule has 0 heterocycles. The molecule has 252 valence electrons. The van der Waals surface area contributed by atoms with Gasteiger partial charge in [0, 0.05) is 5.92 Å². The van der Waals surface area contributed by atoms with E-state index >= 15 is 0 Å². The van der Waals surface area contributed by atoms with Crippen LogP contribution in [0.4, 0.5) is 0 Å². The quantitative estimate of drug-likeness (QED) is 0.162. The summed E-state index contributed by atoms with van der Waals surface area (Å²) in [4.78, 5) is 0. The molecule has 0 spiro atoms. The van der Waals surface area contributed by atoms with Crippen LogP contribution in [0, 0.1) is 5.92 Å². The molecule has 0 radical (unpaired) electrons. The van der Waals surface area contributed by atoms with Crippen LogP contribution in [0.15, 0.2) is 206 Å². The maximum absolute atomic E-state index is 2.39. The molecule has 1 unspecified atom stereocenters. The predicted octanol–water partition coefficient (Wildman–Crippen LogP) is 14.9. The second-order valence-electron chi connectivity index (χ2n) is 14.8. The third kappa shape index (κ3) is 5.14. The van der Waals surface area contributed by atoms with E-state index in [1.54, 1.807) is 0 Å². The van der Waals surface area contributed by atoms with Crippen LogP contribution in [0.2, 0.25) is 0 Å². The normalized spacial score (nSPS) is 15.2. The van der Waals surface area contributed by atoms with E-state index in [0.29, 0.717) is 5.92 Å². The fourth-order valence-corrected chi connectivity index (χ4v) is 8.94. The van der Waals surface area contributed by atoms with Gasteiger partial charge in [0.05, 0.1) is 0 Å². The highest BCUT2D eigenvalue weighted by atomic mass is 14.2. The minimum atomic E-state index is 0.508. The van der Waals surface area contributed by atoms with E-state index in [1.807, 2.05) is 0 Å². The molecule has 0 saturated carbocycles. The van der Waals surface area contributed by atoms with Crippen molar-refractivity contribution in [2.24, 2.45) is 5.92 Å². The molecule has 2 aliphatic rings. The summed E-state index contributed by atoms with van der Waals surface area (Å²) < 4.78 is 0. The van der Waals surface area contributed by atoms with E-state index in [0.717, 1.165) is 6.42 Å². The summed E-state index contributed by atoms with van der Waals surface area (Å²) in [5.74, 6) is 0.508. The van der Waals surface area contributed by atoms with Crippen molar-refractivity contribution in [2.45, 2.75) is 6.42 Å². The van der Waals surface area contributed by atoms with Crippen LogP contribution in [0.25, 0.3) is 92.8 Å². The minimum Gasteiger partial charge on any atom is -0.0767 e. The van der Waals surface area contributed by atoms with Crippen LogP contribution in [0.3, 0.4) is 0 Å². The Morgan fingerprint density at radius 3 is 1.37 bits per heavy atom. The lowest BCUT2D eigenvalue weighted by molar-refractivity contribution is 0.783. The van der Waals surface area contributed by atoms with Crippen molar-refractivity contribution in [1.29, 1.82) is 0 Å². The summed E-state index contributed by atoms with van der Waals surface area (Å²) >= 11 is 0. The molecule has 9 aromatic rings. The summed E-state index contributed by atoms with van der Waals surface area (Å²) in [5.41, 5.74) is 11.6. The molecular formula is C54H36. The van der Waals surface area contributed by atoms with Crippen LogP contribution in [-0.2, 0) is 0 Å². The van der Waals surface area contributed by atoms with Gasteiger partial charge < -0.3 is 0 Å². The maximum atomic E-state index is 2.39. The molecule has 0 aliphatic heterocycles. The van der Waals surface area contributed by atoms with Crippen molar-refractivity contribution in [2.75, 3.05) is 0 Å². The van der Waals surface area contributed by atoms with E-state index in [2.05, 4.69) is 200 Å². The second-order valence-corrected chi connectivity index (χ2v) is 14.8. The number of fused-ring (bicyclic) bond motifs is 6. The lowest BCUT2D eigenvalue weighted by Crippen LogP contribution is -2.05. The molecule has 0 N–H and O–H groups in total. The van der Waals surface area contributed by atoms with Gasteiger partial charge in [-0.1, -0.05) is 170 Å². The van der Waals surface area contributed by atoms with Crippen molar-refractivity contribution < 1.29 is 0 Å². The Kier molecular flexibility index (Phi) is 7.10. The van der Waals surface area contributed by atoms with Crippen molar-refractivity contribution in [3.05, 3.63) is 211 Å². The molecule has 0 saturated heterocycles. The fourth-order valence-electron chi connectivity index (χ4n) is 8.94. The molecular weight excluding hydrogens is 649 g/mol. The molecule has 0 fully saturated rings. The number of hydrogen-bond donors (Lipinski definition) is 0. The Bertz CT molecular complexity index is 3070. The summed E-state index contributed by atoms with van der Waals surface area (Å²) in [6, 6.07) is 61.1. The van der Waals surface area contributed by atoms with E-state index in [1.165, 1.54) is 104 Å². The first-order chi connectivity index (χ1) is 26.7. The predicted molar refractivity (Wildman–Crippen MR) is 233 cm³/mol. The van der Waals surface area contributed by atoms with Gasteiger partial charge in [-0.15, -0.1) is 0 Å². The molecule has 54 heavy (non-hydrogen) atoms. The number of rotatable bonds is 4. The van der Waals surface area contributed by atoms with Crippen LogP contribution < -0.4 is 0 Å². The number of benzene rings is 9. The minimum absolute atomic E-state index is 0.508. The largest absolute Gasteiger partial charge is 0.0767 e. The van der Waals surface area contributed by atoms with Gasteiger partial charge in [0.25, 0.3) is 0 Å². The lowest BCUT2D eigenvalue weighted by atomic mass is 9.83. The fraction of sp³-hybridized carbons (Fsp3) is 0.0370. The Balaban J connectivity index is 1.01. The maximum Gasteiger partial charge on any atom is 0.00561 e. The average molecular weight is 685 g/mol. The highest BCUT2D eigenvalue weighted by molar-refractivity contribution is 6.22. The van der Waals surface area contributed by atoms with Gasteiger partial charge in [-0.2, -0.15) is 0 Å². The van der Waals surface area contributed by atoms with E-state index in [9.17, 15) is 0 Å². The highest BCUT2D eigenvalue weighted by Crippen LogP contribution is 2.45. The van der Waals surface area contributed by atoms with Gasteiger partial charge >= 0.3 is 0 Å². The van der Waals surface area contributed by atoms with Crippen molar-refractivity contribution in [3.8, 4) is 33.4 Å². The molecule has 9 aromatic carbocycles. The van der Waals surface area contributed by atoms with Crippen LogP contribution in [0.1, 0.15) is 12.0 Å². The van der Waals surface area contributed by atoms with Crippen LogP contribution in [0.5, 0.6) is 0 Å². The Hall–Kier alpha value is -6.76. The summed E-state index contributed by atoms with van der Waals surface area (Å²) in [5, 5.41) is 12.7. The second kappa shape index (κ2) is 12.4. The molecule has 0 bridgehead atoms. The van der Waals surface area contributed by atoms with Gasteiger partial charge in [-0.25, -0.2) is 0 Å². The molecule has 0 heteroatoms. The van der Waals surface area contributed by atoms with Crippen LogP contribution in [-0.4, -0.2) is 0 Å². The number of allylic oxidation sites excluding steroid dienone is 8. The molecule has 0 nitrogen and oxygen atoms in total. The molecule has 0 amide bonds. The summed E-state index contributed by atoms with van der Waals surface area (Å²) in [6.45, 7) is 0. The van der Waals surface area contributed by atoms with Crippen molar-refractivity contribution in [3.63, 3.8) is 0 Å². The molecule has 0 aromatic heterocycles. The zero-order valence-electron chi connectivity index (χ0n) is 29.8. The van der Waals surface area contributed by atoms with Gasteiger partial charge in [0.15, 0.2) is 0 Å². The Morgan fingerprint density at radius 2 is 0.796 bits per heavy atom. The topological polar surface area (TPSA) is 0 Å². The summed E-state index contributed by atoms with van der Waals surface area (Å²) in [6.07, 6.45) is 14.7. The SMILES string of the molecule is C1=CC2=CC(c3ccc4cc(-c5c6ccccc6c(-c6ccc7cc(-c8ccc9ccccc9c8)ccc7c6)c6ccccc56)ccc4c3)=CCC2C=C1. The van der Waals surface area contributed by atoms with E-state index in [4.69, 9.17) is 0 Å². The van der Waals surface area contributed by atoms with Crippen molar-refractivity contribution >= 4 is 59.4 Å². The first-order valence-electron chi connectivity index (χ1n) is 19.0. The first kappa shape index (κ1) is 30.8. The van der Waals surface area contributed by atoms with Crippen LogP contribution >= 0.6 is 0 Å². The summed E-state index contributed by atoms with van der Waals surface area (Å²) in [7, 11) is 0. The number of hydrogen-bond acceptors (Lipinski definition) is 0. The standard InChI is InChI=1S/C54H36/c1-3-11-37-29-39(19-17-35(37)9-1)41-21-23-45-33-47(27-25-43(45)31-41)53-49-13-5-7-15-51(49)54(52-16-8-6-14-50(52)53)48-28-26-44-32-42(22-24-46(44)34-48)40-20-18-36-10-2-4-12-38(36)30-40/h1-17,19-34,36H,18H2.